The highest BCUT2D eigenvalue weighted by atomic mass is 35.5. The number of benzene rings is 1. The first-order valence-electron chi connectivity index (χ1n) is 5.83. The lowest BCUT2D eigenvalue weighted by Crippen LogP contribution is -2.14. The summed E-state index contributed by atoms with van der Waals surface area (Å²) >= 11 is 5.43. The van der Waals surface area contributed by atoms with Crippen molar-refractivity contribution in [3.8, 4) is 0 Å². The van der Waals surface area contributed by atoms with Crippen molar-refractivity contribution in [2.75, 3.05) is 24.4 Å². The molecule has 1 aromatic rings. The first kappa shape index (κ1) is 12.4. The molecule has 3 nitrogen and oxygen atoms in total. The Bertz CT molecular complexity index is 372. The number of halogens is 1. The van der Waals surface area contributed by atoms with Gasteiger partial charge in [-0.15, -0.1) is 11.6 Å². The van der Waals surface area contributed by atoms with Crippen LogP contribution in [0.4, 0.5) is 5.69 Å². The summed E-state index contributed by atoms with van der Waals surface area (Å²) in [5.74, 6) is 0.397. The molecule has 1 heterocycles. The van der Waals surface area contributed by atoms with Gasteiger partial charge in [-0.25, -0.2) is 0 Å². The van der Waals surface area contributed by atoms with Crippen molar-refractivity contribution in [3.05, 3.63) is 29.8 Å². The minimum absolute atomic E-state index is 0.0122. The molecule has 0 aliphatic carbocycles. The van der Waals surface area contributed by atoms with Crippen molar-refractivity contribution < 1.29 is 9.53 Å². The van der Waals surface area contributed by atoms with Gasteiger partial charge in [0, 0.05) is 18.9 Å². The number of ether oxygens (including phenoxy) is 1. The van der Waals surface area contributed by atoms with Crippen LogP contribution in [0.2, 0.25) is 0 Å². The van der Waals surface area contributed by atoms with Gasteiger partial charge in [-0.3, -0.25) is 4.79 Å². The van der Waals surface area contributed by atoms with Crippen molar-refractivity contribution in [1.29, 1.82) is 0 Å². The standard InChI is InChI=1S/C13H16ClNO2/c14-9-13(16)15-12-3-1-10(2-4-12)11-5-7-17-8-6-11/h1-4,11H,5-9H2,(H,15,16). The molecule has 1 N–H and O–H groups in total. The Balaban J connectivity index is 1.99. The number of amides is 1. The van der Waals surface area contributed by atoms with Gasteiger partial charge in [0.05, 0.1) is 0 Å². The van der Waals surface area contributed by atoms with Crippen LogP contribution in [-0.2, 0) is 9.53 Å². The number of hydrogen-bond donors (Lipinski definition) is 1. The smallest absolute Gasteiger partial charge is 0.239 e. The van der Waals surface area contributed by atoms with Crippen LogP contribution in [0.3, 0.4) is 0 Å². The monoisotopic (exact) mass is 253 g/mol. The van der Waals surface area contributed by atoms with Crippen molar-refractivity contribution in [2.45, 2.75) is 18.8 Å². The molecule has 0 aromatic heterocycles. The van der Waals surface area contributed by atoms with Crippen LogP contribution in [0, 0.1) is 0 Å². The molecule has 2 rings (SSSR count). The predicted octanol–water partition coefficient (Wildman–Crippen LogP) is 2.76. The van der Waals surface area contributed by atoms with Crippen molar-refractivity contribution in [3.63, 3.8) is 0 Å². The normalized spacial score (nSPS) is 16.8. The summed E-state index contributed by atoms with van der Waals surface area (Å²) in [6.07, 6.45) is 2.15. The third kappa shape index (κ3) is 3.45. The summed E-state index contributed by atoms with van der Waals surface area (Å²) < 4.78 is 5.34. The summed E-state index contributed by atoms with van der Waals surface area (Å²) in [7, 11) is 0. The summed E-state index contributed by atoms with van der Waals surface area (Å²) in [6.45, 7) is 1.69. The van der Waals surface area contributed by atoms with Gasteiger partial charge in [-0.2, -0.15) is 0 Å². The quantitative estimate of drug-likeness (QED) is 0.842. The molecule has 1 saturated heterocycles. The zero-order valence-corrected chi connectivity index (χ0v) is 10.4. The molecule has 0 atom stereocenters. The molecular weight excluding hydrogens is 238 g/mol. The van der Waals surface area contributed by atoms with E-state index in [1.54, 1.807) is 0 Å². The van der Waals surface area contributed by atoms with Crippen LogP contribution in [0.25, 0.3) is 0 Å². The molecule has 92 valence electrons. The van der Waals surface area contributed by atoms with E-state index >= 15 is 0 Å². The molecule has 0 bridgehead atoms. The van der Waals surface area contributed by atoms with Crippen LogP contribution >= 0.6 is 11.6 Å². The van der Waals surface area contributed by atoms with Crippen LogP contribution in [-0.4, -0.2) is 25.0 Å². The average Bonchev–Trinajstić information content (AvgIpc) is 2.40. The van der Waals surface area contributed by atoms with Gasteiger partial charge in [0.1, 0.15) is 5.88 Å². The molecule has 0 radical (unpaired) electrons. The van der Waals surface area contributed by atoms with Crippen molar-refractivity contribution >= 4 is 23.2 Å². The number of anilines is 1. The fraction of sp³-hybridized carbons (Fsp3) is 0.462. The van der Waals surface area contributed by atoms with E-state index < -0.39 is 0 Å². The Kier molecular flexibility index (Phi) is 4.40. The van der Waals surface area contributed by atoms with E-state index in [-0.39, 0.29) is 11.8 Å². The molecule has 1 fully saturated rings. The van der Waals surface area contributed by atoms with Gasteiger partial charge >= 0.3 is 0 Å². The first-order valence-corrected chi connectivity index (χ1v) is 6.36. The molecule has 1 amide bonds. The SMILES string of the molecule is O=C(CCl)Nc1ccc(C2CCOCC2)cc1. The molecule has 1 aliphatic rings. The molecule has 0 spiro atoms. The third-order valence-electron chi connectivity index (χ3n) is 3.01. The minimum atomic E-state index is -0.175. The van der Waals surface area contributed by atoms with Gasteiger partial charge in [-0.05, 0) is 36.5 Å². The third-order valence-corrected chi connectivity index (χ3v) is 3.25. The summed E-state index contributed by atoms with van der Waals surface area (Å²) in [4.78, 5) is 11.1. The number of rotatable bonds is 3. The molecule has 0 saturated carbocycles. The Labute approximate surface area is 106 Å². The highest BCUT2D eigenvalue weighted by molar-refractivity contribution is 6.29. The molecule has 17 heavy (non-hydrogen) atoms. The maximum absolute atomic E-state index is 11.1. The number of carbonyl (C=O) groups excluding carboxylic acids is 1. The van der Waals surface area contributed by atoms with Gasteiger partial charge in [0.2, 0.25) is 5.91 Å². The van der Waals surface area contributed by atoms with Gasteiger partial charge in [-0.1, -0.05) is 12.1 Å². The second-order valence-electron chi connectivity index (χ2n) is 4.19. The molecular formula is C13H16ClNO2. The number of nitrogens with one attached hydrogen (secondary N) is 1. The summed E-state index contributed by atoms with van der Waals surface area (Å²) in [5.41, 5.74) is 2.11. The lowest BCUT2D eigenvalue weighted by molar-refractivity contribution is -0.113. The summed E-state index contributed by atoms with van der Waals surface area (Å²) in [6, 6.07) is 7.99. The molecule has 1 aromatic carbocycles. The molecule has 4 heteroatoms. The first-order chi connectivity index (χ1) is 8.29. The van der Waals surface area contributed by atoms with Gasteiger partial charge in [0.15, 0.2) is 0 Å². The van der Waals surface area contributed by atoms with E-state index in [0.29, 0.717) is 5.92 Å². The predicted molar refractivity (Wildman–Crippen MR) is 68.6 cm³/mol. The zero-order valence-electron chi connectivity index (χ0n) is 9.62. The van der Waals surface area contributed by atoms with E-state index in [0.717, 1.165) is 31.7 Å². The highest BCUT2D eigenvalue weighted by Crippen LogP contribution is 2.27. The Morgan fingerprint density at radius 1 is 1.29 bits per heavy atom. The largest absolute Gasteiger partial charge is 0.381 e. The number of alkyl halides is 1. The van der Waals surface area contributed by atoms with Crippen LogP contribution in [0.15, 0.2) is 24.3 Å². The minimum Gasteiger partial charge on any atom is -0.381 e. The Morgan fingerprint density at radius 2 is 1.94 bits per heavy atom. The van der Waals surface area contributed by atoms with E-state index in [4.69, 9.17) is 16.3 Å². The van der Waals surface area contributed by atoms with Crippen molar-refractivity contribution in [2.24, 2.45) is 0 Å². The van der Waals surface area contributed by atoms with E-state index in [1.807, 2.05) is 12.1 Å². The fourth-order valence-corrected chi connectivity index (χ4v) is 2.13. The molecule has 0 unspecified atom stereocenters. The lowest BCUT2D eigenvalue weighted by Gasteiger charge is -2.22. The maximum atomic E-state index is 11.1. The van der Waals surface area contributed by atoms with Crippen LogP contribution in [0.1, 0.15) is 24.3 Å². The highest BCUT2D eigenvalue weighted by Gasteiger charge is 2.15. The maximum Gasteiger partial charge on any atom is 0.239 e. The Morgan fingerprint density at radius 3 is 2.53 bits per heavy atom. The van der Waals surface area contributed by atoms with E-state index in [9.17, 15) is 4.79 Å². The zero-order chi connectivity index (χ0) is 12.1. The second kappa shape index (κ2) is 6.03. The number of carbonyl (C=O) groups is 1. The van der Waals surface area contributed by atoms with Crippen LogP contribution in [0.5, 0.6) is 0 Å². The fourth-order valence-electron chi connectivity index (χ4n) is 2.06. The van der Waals surface area contributed by atoms with E-state index in [2.05, 4.69) is 17.4 Å². The van der Waals surface area contributed by atoms with E-state index in [1.165, 1.54) is 5.56 Å². The molecule has 1 aliphatic heterocycles. The summed E-state index contributed by atoms with van der Waals surface area (Å²) in [5, 5.41) is 2.73. The Hall–Kier alpha value is -1.06. The average molecular weight is 254 g/mol. The second-order valence-corrected chi connectivity index (χ2v) is 4.46. The van der Waals surface area contributed by atoms with Crippen LogP contribution < -0.4 is 5.32 Å². The lowest BCUT2D eigenvalue weighted by atomic mass is 9.92. The van der Waals surface area contributed by atoms with Crippen molar-refractivity contribution in [1.82, 2.24) is 0 Å². The number of hydrogen-bond acceptors (Lipinski definition) is 2. The van der Waals surface area contributed by atoms with Gasteiger partial charge < -0.3 is 10.1 Å². The topological polar surface area (TPSA) is 38.3 Å². The van der Waals surface area contributed by atoms with Gasteiger partial charge in [0.25, 0.3) is 0 Å².